The normalized spacial score (nSPS) is 11.0. The van der Waals surface area contributed by atoms with E-state index in [1.807, 2.05) is 0 Å². The minimum atomic E-state index is -4.24. The van der Waals surface area contributed by atoms with Crippen molar-refractivity contribution in [3.05, 3.63) is 0 Å². The molecule has 0 fully saturated rings. The van der Waals surface area contributed by atoms with E-state index in [1.165, 1.54) is 44.1 Å². The first-order valence-corrected chi connectivity index (χ1v) is 9.12. The van der Waals surface area contributed by atoms with Gasteiger partial charge >= 0.3 is 51.4 Å². The summed E-state index contributed by atoms with van der Waals surface area (Å²) in [5, 5.41) is 0. The summed E-state index contributed by atoms with van der Waals surface area (Å²) in [6, 6.07) is 0. The molecule has 0 unspecified atom stereocenters. The summed E-state index contributed by atoms with van der Waals surface area (Å²) < 4.78 is 31.4. The topological polar surface area (TPSA) is 77.5 Å². The average Bonchev–Trinajstić information content (AvgIpc) is 2.38. The van der Waals surface area contributed by atoms with Crippen LogP contribution < -0.4 is 51.4 Å². The van der Waals surface area contributed by atoms with E-state index >= 15 is 0 Å². The Kier molecular flexibility index (Phi) is 16.9. The molecule has 0 aliphatic carbocycles. The number of carbonyl (C=O) groups excluding carboxylic acids is 1. The fraction of sp³-hybridized carbons (Fsp3) is 0.929. The van der Waals surface area contributed by atoms with Gasteiger partial charge in [-0.15, -0.1) is 0 Å². The summed E-state index contributed by atoms with van der Waals surface area (Å²) in [6.07, 6.45) is 9.78. The molecule has 0 spiro atoms. The molecule has 0 aliphatic rings. The summed E-state index contributed by atoms with van der Waals surface area (Å²) >= 11 is 0. The van der Waals surface area contributed by atoms with Crippen molar-refractivity contribution in [3.8, 4) is 0 Å². The molecular formula is C14H28KNO4S. The first-order valence-electron chi connectivity index (χ1n) is 7.54. The van der Waals surface area contributed by atoms with Gasteiger partial charge in [0, 0.05) is 20.0 Å². The molecule has 7 heteroatoms. The van der Waals surface area contributed by atoms with E-state index in [2.05, 4.69) is 6.92 Å². The maximum absolute atomic E-state index is 11.7. The van der Waals surface area contributed by atoms with Crippen molar-refractivity contribution in [2.45, 2.75) is 64.7 Å². The predicted octanol–water partition coefficient (Wildman–Crippen LogP) is -0.475. The maximum Gasteiger partial charge on any atom is 1.00 e. The molecule has 0 rings (SSSR count). The molecule has 21 heavy (non-hydrogen) atoms. The van der Waals surface area contributed by atoms with Gasteiger partial charge in [0.2, 0.25) is 5.91 Å². The smallest absolute Gasteiger partial charge is 0.748 e. The molecule has 5 nitrogen and oxygen atoms in total. The summed E-state index contributed by atoms with van der Waals surface area (Å²) in [6.45, 7) is 2.18. The number of carbonyl (C=O) groups is 1. The first-order chi connectivity index (χ1) is 9.37. The third kappa shape index (κ3) is 17.2. The van der Waals surface area contributed by atoms with Crippen molar-refractivity contribution in [1.29, 1.82) is 0 Å². The fourth-order valence-electron chi connectivity index (χ4n) is 1.97. The van der Waals surface area contributed by atoms with Crippen molar-refractivity contribution in [1.82, 2.24) is 4.90 Å². The summed E-state index contributed by atoms with van der Waals surface area (Å²) in [5.41, 5.74) is 0. The number of hydrogen-bond donors (Lipinski definition) is 0. The summed E-state index contributed by atoms with van der Waals surface area (Å²) in [4.78, 5) is 13.0. The van der Waals surface area contributed by atoms with E-state index in [0.717, 1.165) is 19.3 Å². The van der Waals surface area contributed by atoms with Crippen LogP contribution in [-0.4, -0.2) is 43.1 Å². The van der Waals surface area contributed by atoms with E-state index < -0.39 is 15.9 Å². The van der Waals surface area contributed by atoms with E-state index in [1.54, 1.807) is 0 Å². The van der Waals surface area contributed by atoms with Crippen molar-refractivity contribution in [3.63, 3.8) is 0 Å². The van der Waals surface area contributed by atoms with Crippen LogP contribution in [0.5, 0.6) is 0 Å². The Morgan fingerprint density at radius 1 is 1.00 bits per heavy atom. The zero-order valence-electron chi connectivity index (χ0n) is 13.8. The van der Waals surface area contributed by atoms with Gasteiger partial charge in [0.1, 0.15) is 0 Å². The molecule has 1 amide bonds. The second-order valence-corrected chi connectivity index (χ2v) is 6.83. The molecule has 0 aromatic carbocycles. The molecule has 0 aromatic heterocycles. The molecule has 0 saturated carbocycles. The van der Waals surface area contributed by atoms with Crippen molar-refractivity contribution in [2.75, 3.05) is 19.3 Å². The SMILES string of the molecule is CCCCCCCCCCC(=O)N(C)CCS(=O)(=O)[O-].[K+]. The third-order valence-corrected chi connectivity index (χ3v) is 4.03. The molecule has 0 heterocycles. The van der Waals surface area contributed by atoms with Gasteiger partial charge in [-0.25, -0.2) is 8.42 Å². The van der Waals surface area contributed by atoms with Crippen LogP contribution in [0.15, 0.2) is 0 Å². The van der Waals surface area contributed by atoms with Gasteiger partial charge in [-0.3, -0.25) is 4.79 Å². The number of nitrogens with zero attached hydrogens (tertiary/aromatic N) is 1. The Hall–Kier alpha value is 1.02. The van der Waals surface area contributed by atoms with Gasteiger partial charge in [-0.1, -0.05) is 51.9 Å². The predicted molar refractivity (Wildman–Crippen MR) is 79.4 cm³/mol. The van der Waals surface area contributed by atoms with Gasteiger partial charge in [0.15, 0.2) is 0 Å². The molecule has 0 aliphatic heterocycles. The average molecular weight is 346 g/mol. The molecule has 120 valence electrons. The number of rotatable bonds is 12. The largest absolute Gasteiger partial charge is 1.00 e. The Bertz CT molecular complexity index is 360. The molecule has 0 radical (unpaired) electrons. The molecule has 0 saturated heterocycles. The van der Waals surface area contributed by atoms with Crippen LogP contribution in [0.25, 0.3) is 0 Å². The monoisotopic (exact) mass is 345 g/mol. The number of amides is 1. The number of unbranched alkanes of at least 4 members (excludes halogenated alkanes) is 7. The minimum absolute atomic E-state index is 0. The van der Waals surface area contributed by atoms with Gasteiger partial charge in [0.05, 0.1) is 15.9 Å². The Morgan fingerprint density at radius 3 is 1.95 bits per heavy atom. The minimum Gasteiger partial charge on any atom is -0.748 e. The fourth-order valence-corrected chi connectivity index (χ4v) is 2.47. The number of hydrogen-bond acceptors (Lipinski definition) is 4. The van der Waals surface area contributed by atoms with E-state index in [4.69, 9.17) is 0 Å². The Labute approximate surface area is 172 Å². The standard InChI is InChI=1S/C14H29NO4S.K/c1-3-4-5-6-7-8-9-10-11-14(16)15(2)12-13-20(17,18)19;/h3-13H2,1-2H3,(H,17,18,19);/q;+1/p-1. The van der Waals surface area contributed by atoms with Gasteiger partial charge in [0.25, 0.3) is 0 Å². The molecule has 0 N–H and O–H groups in total. The Balaban J connectivity index is 0. The maximum atomic E-state index is 11.7. The quantitative estimate of drug-likeness (QED) is 0.272. The van der Waals surface area contributed by atoms with E-state index in [-0.39, 0.29) is 63.8 Å². The van der Waals surface area contributed by atoms with Crippen LogP contribution in [0.3, 0.4) is 0 Å². The zero-order chi connectivity index (χ0) is 15.4. The van der Waals surface area contributed by atoms with Gasteiger partial charge in [-0.05, 0) is 6.42 Å². The molecule has 0 bridgehead atoms. The van der Waals surface area contributed by atoms with Crippen LogP contribution in [0.4, 0.5) is 0 Å². The van der Waals surface area contributed by atoms with Crippen molar-refractivity contribution >= 4 is 16.0 Å². The summed E-state index contributed by atoms with van der Waals surface area (Å²) in [7, 11) is -2.70. The van der Waals surface area contributed by atoms with E-state index in [0.29, 0.717) is 6.42 Å². The van der Waals surface area contributed by atoms with Crippen LogP contribution >= 0.6 is 0 Å². The first kappa shape index (κ1) is 24.3. The van der Waals surface area contributed by atoms with Crippen molar-refractivity contribution < 1.29 is 69.1 Å². The van der Waals surface area contributed by atoms with Gasteiger partial charge < -0.3 is 9.45 Å². The van der Waals surface area contributed by atoms with Crippen LogP contribution in [-0.2, 0) is 14.9 Å². The molecular weight excluding hydrogens is 317 g/mol. The van der Waals surface area contributed by atoms with Crippen molar-refractivity contribution in [2.24, 2.45) is 0 Å². The van der Waals surface area contributed by atoms with Crippen LogP contribution in [0, 0.1) is 0 Å². The summed E-state index contributed by atoms with van der Waals surface area (Å²) in [5.74, 6) is -0.591. The van der Waals surface area contributed by atoms with Crippen LogP contribution in [0.2, 0.25) is 0 Å². The van der Waals surface area contributed by atoms with E-state index in [9.17, 15) is 17.8 Å². The second kappa shape index (κ2) is 14.6. The molecule has 0 aromatic rings. The van der Waals surface area contributed by atoms with Crippen LogP contribution in [0.1, 0.15) is 64.7 Å². The third-order valence-electron chi connectivity index (χ3n) is 3.35. The zero-order valence-corrected chi connectivity index (χ0v) is 17.7. The Morgan fingerprint density at radius 2 is 1.48 bits per heavy atom. The molecule has 0 atom stereocenters. The van der Waals surface area contributed by atoms with Gasteiger partial charge in [-0.2, -0.15) is 0 Å². The second-order valence-electron chi connectivity index (χ2n) is 5.30.